The van der Waals surface area contributed by atoms with E-state index in [4.69, 9.17) is 11.6 Å². The van der Waals surface area contributed by atoms with Crippen LogP contribution in [0, 0.1) is 13.8 Å². The predicted molar refractivity (Wildman–Crippen MR) is 84.5 cm³/mol. The van der Waals surface area contributed by atoms with Gasteiger partial charge in [0.15, 0.2) is 0 Å². The molecule has 0 aliphatic rings. The molecule has 0 amide bonds. The lowest BCUT2D eigenvalue weighted by atomic mass is 10.1. The van der Waals surface area contributed by atoms with Crippen molar-refractivity contribution in [1.82, 2.24) is 20.4 Å². The van der Waals surface area contributed by atoms with Gasteiger partial charge in [0.2, 0.25) is 0 Å². The number of alkyl halides is 1. The van der Waals surface area contributed by atoms with Crippen molar-refractivity contribution in [3.8, 4) is 10.6 Å². The van der Waals surface area contributed by atoms with Gasteiger partial charge >= 0.3 is 0 Å². The van der Waals surface area contributed by atoms with Gasteiger partial charge in [-0.2, -0.15) is 10.2 Å². The first kappa shape index (κ1) is 14.1. The molecule has 0 saturated carbocycles. The summed E-state index contributed by atoms with van der Waals surface area (Å²) in [7, 11) is 0. The van der Waals surface area contributed by atoms with Crippen LogP contribution in [0.25, 0.3) is 10.6 Å². The van der Waals surface area contributed by atoms with E-state index in [1.807, 2.05) is 50.2 Å². The second-order valence-corrected chi connectivity index (χ2v) is 6.15. The third-order valence-electron chi connectivity index (χ3n) is 3.08. The summed E-state index contributed by atoms with van der Waals surface area (Å²) in [4.78, 5) is 0. The summed E-state index contributed by atoms with van der Waals surface area (Å²) < 4.78 is 0. The number of hydrogen-bond acceptors (Lipinski definition) is 5. The van der Waals surface area contributed by atoms with Crippen molar-refractivity contribution < 1.29 is 0 Å². The summed E-state index contributed by atoms with van der Waals surface area (Å²) in [5.41, 5.74) is 3.68. The van der Waals surface area contributed by atoms with E-state index < -0.39 is 0 Å². The van der Waals surface area contributed by atoms with Gasteiger partial charge in [0.1, 0.15) is 15.4 Å². The van der Waals surface area contributed by atoms with Crippen LogP contribution in [0.3, 0.4) is 0 Å². The number of halogens is 1. The second-order valence-electron chi connectivity index (χ2n) is 4.70. The average Bonchev–Trinajstić information content (AvgIpc) is 2.99. The first-order valence-electron chi connectivity index (χ1n) is 6.49. The topological polar surface area (TPSA) is 51.6 Å². The summed E-state index contributed by atoms with van der Waals surface area (Å²) in [6, 6.07) is 11.8. The lowest BCUT2D eigenvalue weighted by Crippen LogP contribution is -1.93. The van der Waals surface area contributed by atoms with Crippen molar-refractivity contribution >= 4 is 22.9 Å². The van der Waals surface area contributed by atoms with Crippen LogP contribution in [-0.2, 0) is 0 Å². The highest BCUT2D eigenvalue weighted by Crippen LogP contribution is 2.34. The molecule has 0 fully saturated rings. The van der Waals surface area contributed by atoms with Gasteiger partial charge in [-0.25, -0.2) is 0 Å². The molecule has 1 atom stereocenters. The molecule has 3 aromatic rings. The molecule has 106 valence electrons. The van der Waals surface area contributed by atoms with Gasteiger partial charge in [-0.3, -0.25) is 0 Å². The molecule has 2 aromatic heterocycles. The highest BCUT2D eigenvalue weighted by atomic mass is 35.5. The quantitative estimate of drug-likeness (QED) is 0.687. The number of nitrogens with zero attached hydrogens (tertiary/aromatic N) is 4. The normalized spacial score (nSPS) is 12.3. The van der Waals surface area contributed by atoms with Crippen molar-refractivity contribution in [2.45, 2.75) is 19.2 Å². The van der Waals surface area contributed by atoms with Gasteiger partial charge in [0.25, 0.3) is 0 Å². The van der Waals surface area contributed by atoms with E-state index in [1.54, 1.807) is 0 Å². The minimum Gasteiger partial charge on any atom is -0.156 e. The third kappa shape index (κ3) is 2.94. The van der Waals surface area contributed by atoms with Crippen molar-refractivity contribution in [3.05, 3.63) is 58.4 Å². The Kier molecular flexibility index (Phi) is 3.94. The third-order valence-corrected chi connectivity index (χ3v) is 4.69. The summed E-state index contributed by atoms with van der Waals surface area (Å²) in [5, 5.41) is 18.0. The van der Waals surface area contributed by atoms with Gasteiger partial charge < -0.3 is 0 Å². The number of benzene rings is 1. The number of aryl methyl sites for hydroxylation is 2. The standard InChI is InChI=1S/C15H13ClN4S/c1-9-8-12(10(2)18-17-9)14-19-20-15(21-14)13(16)11-6-4-3-5-7-11/h3-8,13H,1-2H3. The highest BCUT2D eigenvalue weighted by molar-refractivity contribution is 7.15. The maximum Gasteiger partial charge on any atom is 0.149 e. The first-order chi connectivity index (χ1) is 10.1. The molecule has 0 aliphatic heterocycles. The minimum atomic E-state index is -0.284. The zero-order valence-corrected chi connectivity index (χ0v) is 13.2. The van der Waals surface area contributed by atoms with Gasteiger partial charge in [0.05, 0.1) is 11.4 Å². The molecule has 0 bridgehead atoms. The van der Waals surface area contributed by atoms with E-state index in [9.17, 15) is 0 Å². The fourth-order valence-corrected chi connectivity index (χ4v) is 3.22. The van der Waals surface area contributed by atoms with Crippen molar-refractivity contribution in [2.75, 3.05) is 0 Å². The highest BCUT2D eigenvalue weighted by Gasteiger charge is 2.18. The Labute approximate surface area is 131 Å². The lowest BCUT2D eigenvalue weighted by molar-refractivity contribution is 0.937. The lowest BCUT2D eigenvalue weighted by Gasteiger charge is -2.04. The maximum atomic E-state index is 6.48. The first-order valence-corrected chi connectivity index (χ1v) is 7.74. The molecule has 21 heavy (non-hydrogen) atoms. The largest absolute Gasteiger partial charge is 0.156 e. The SMILES string of the molecule is Cc1cc(-c2nnc(C(Cl)c3ccccc3)s2)c(C)nn1. The van der Waals surface area contributed by atoms with Crippen LogP contribution in [0.5, 0.6) is 0 Å². The van der Waals surface area contributed by atoms with Crippen molar-refractivity contribution in [3.63, 3.8) is 0 Å². The zero-order chi connectivity index (χ0) is 14.8. The fraction of sp³-hybridized carbons (Fsp3) is 0.200. The zero-order valence-electron chi connectivity index (χ0n) is 11.6. The Morgan fingerprint density at radius 1 is 1.00 bits per heavy atom. The molecular weight excluding hydrogens is 304 g/mol. The Balaban J connectivity index is 1.95. The Bertz CT molecular complexity index is 757. The Morgan fingerprint density at radius 3 is 2.52 bits per heavy atom. The van der Waals surface area contributed by atoms with Crippen molar-refractivity contribution in [2.24, 2.45) is 0 Å². The Hall–Kier alpha value is -1.85. The molecule has 2 heterocycles. The van der Waals surface area contributed by atoms with E-state index in [2.05, 4.69) is 20.4 Å². The van der Waals surface area contributed by atoms with Gasteiger partial charge in [-0.05, 0) is 25.5 Å². The summed E-state index contributed by atoms with van der Waals surface area (Å²) in [6.07, 6.45) is 0. The van der Waals surface area contributed by atoms with E-state index in [0.717, 1.165) is 32.5 Å². The summed E-state index contributed by atoms with van der Waals surface area (Å²) in [6.45, 7) is 3.82. The number of aromatic nitrogens is 4. The smallest absolute Gasteiger partial charge is 0.149 e. The summed E-state index contributed by atoms with van der Waals surface area (Å²) >= 11 is 7.97. The van der Waals surface area contributed by atoms with E-state index >= 15 is 0 Å². The number of hydrogen-bond donors (Lipinski definition) is 0. The van der Waals surface area contributed by atoms with Crippen LogP contribution < -0.4 is 0 Å². The molecule has 0 radical (unpaired) electrons. The van der Waals surface area contributed by atoms with Gasteiger partial charge in [-0.1, -0.05) is 41.7 Å². The van der Waals surface area contributed by atoms with Gasteiger partial charge in [-0.15, -0.1) is 21.8 Å². The van der Waals surface area contributed by atoms with E-state index in [1.165, 1.54) is 11.3 Å². The molecule has 0 saturated heterocycles. The van der Waals surface area contributed by atoms with Crippen molar-refractivity contribution in [1.29, 1.82) is 0 Å². The molecule has 1 aromatic carbocycles. The molecule has 0 aliphatic carbocycles. The maximum absolute atomic E-state index is 6.48. The van der Waals surface area contributed by atoms with Crippen LogP contribution in [0.15, 0.2) is 36.4 Å². The molecule has 3 rings (SSSR count). The number of rotatable bonds is 3. The fourth-order valence-electron chi connectivity index (χ4n) is 1.98. The van der Waals surface area contributed by atoms with Crippen LogP contribution in [0.1, 0.15) is 27.3 Å². The molecule has 0 spiro atoms. The second kappa shape index (κ2) is 5.87. The van der Waals surface area contributed by atoms with E-state index in [-0.39, 0.29) is 5.38 Å². The predicted octanol–water partition coefficient (Wildman–Crippen LogP) is 3.94. The molecule has 0 N–H and O–H groups in total. The molecule has 4 nitrogen and oxygen atoms in total. The van der Waals surface area contributed by atoms with Crippen LogP contribution in [-0.4, -0.2) is 20.4 Å². The Morgan fingerprint density at radius 2 is 1.76 bits per heavy atom. The molecular formula is C15H13ClN4S. The van der Waals surface area contributed by atoms with E-state index in [0.29, 0.717) is 0 Å². The van der Waals surface area contributed by atoms with Gasteiger partial charge in [0, 0.05) is 5.56 Å². The van der Waals surface area contributed by atoms with Crippen LogP contribution in [0.4, 0.5) is 0 Å². The average molecular weight is 317 g/mol. The summed E-state index contributed by atoms with van der Waals surface area (Å²) in [5.74, 6) is 0. The van der Waals surface area contributed by atoms with Crippen LogP contribution in [0.2, 0.25) is 0 Å². The van der Waals surface area contributed by atoms with Crippen LogP contribution >= 0.6 is 22.9 Å². The molecule has 1 unspecified atom stereocenters. The minimum absolute atomic E-state index is 0.284. The monoisotopic (exact) mass is 316 g/mol. The molecule has 6 heteroatoms.